The third-order valence-corrected chi connectivity index (χ3v) is 3.69. The average molecular weight is 298 g/mol. The van der Waals surface area contributed by atoms with Crippen molar-refractivity contribution in [1.82, 2.24) is 0 Å². The van der Waals surface area contributed by atoms with E-state index < -0.39 is 7.12 Å². The zero-order valence-corrected chi connectivity index (χ0v) is 13.5. The van der Waals surface area contributed by atoms with E-state index in [1.807, 2.05) is 13.8 Å². The van der Waals surface area contributed by atoms with E-state index in [1.165, 1.54) is 5.56 Å². The minimum Gasteiger partial charge on any atom is -0.488 e. The van der Waals surface area contributed by atoms with Crippen molar-refractivity contribution in [2.75, 3.05) is 0 Å². The minimum atomic E-state index is -1.45. The summed E-state index contributed by atoms with van der Waals surface area (Å²) in [4.78, 5) is 0. The fourth-order valence-corrected chi connectivity index (χ4v) is 2.68. The van der Waals surface area contributed by atoms with Gasteiger partial charge in [-0.1, -0.05) is 49.7 Å². The van der Waals surface area contributed by atoms with Crippen LogP contribution in [0.25, 0.3) is 0 Å². The average Bonchev–Trinajstić information content (AvgIpc) is 2.47. The van der Waals surface area contributed by atoms with Gasteiger partial charge in [-0.2, -0.15) is 0 Å². The molecule has 0 heterocycles. The van der Waals surface area contributed by atoms with Crippen LogP contribution in [0.15, 0.2) is 36.4 Å². The second kappa shape index (κ2) is 7.48. The number of rotatable bonds is 6. The van der Waals surface area contributed by atoms with Crippen LogP contribution < -0.4 is 10.2 Å². The summed E-state index contributed by atoms with van der Waals surface area (Å²) in [5, 5.41) is 18.5. The highest BCUT2D eigenvalue weighted by Crippen LogP contribution is 2.23. The second-order valence-electron chi connectivity index (χ2n) is 5.72. The van der Waals surface area contributed by atoms with Crippen molar-refractivity contribution >= 4 is 12.6 Å². The van der Waals surface area contributed by atoms with Gasteiger partial charge in [-0.3, -0.25) is 0 Å². The Balaban J connectivity index is 2.13. The molecule has 3 nitrogen and oxygen atoms in total. The summed E-state index contributed by atoms with van der Waals surface area (Å²) in [5.41, 5.74) is 4.79. The van der Waals surface area contributed by atoms with E-state index in [4.69, 9.17) is 4.74 Å². The molecule has 2 N–H and O–H groups in total. The van der Waals surface area contributed by atoms with Crippen molar-refractivity contribution in [2.45, 2.75) is 40.2 Å². The fraction of sp³-hybridized carbons (Fsp3) is 0.333. The SMILES string of the molecule is CCCc1cccc(COc2c(C)cc(B(O)O)cc2C)c1. The zero-order chi connectivity index (χ0) is 16.1. The molecule has 0 unspecified atom stereocenters. The van der Waals surface area contributed by atoms with Gasteiger partial charge < -0.3 is 14.8 Å². The predicted molar refractivity (Wildman–Crippen MR) is 90.5 cm³/mol. The third kappa shape index (κ3) is 4.12. The molecular weight excluding hydrogens is 275 g/mol. The summed E-state index contributed by atoms with van der Waals surface area (Å²) in [7, 11) is -1.45. The standard InChI is InChI=1S/C18H23BO3/c1-4-6-15-7-5-8-16(11-15)12-22-18-13(2)9-17(19(20)21)10-14(18)3/h5,7-11,20-21H,4,6,12H2,1-3H3. The molecular formula is C18H23BO3. The molecule has 22 heavy (non-hydrogen) atoms. The lowest BCUT2D eigenvalue weighted by Gasteiger charge is -2.14. The molecule has 2 rings (SSSR count). The highest BCUT2D eigenvalue weighted by atomic mass is 16.5. The van der Waals surface area contributed by atoms with Crippen molar-refractivity contribution in [3.63, 3.8) is 0 Å². The Bertz CT molecular complexity index is 615. The summed E-state index contributed by atoms with van der Waals surface area (Å²) in [5.74, 6) is 0.810. The Labute approximate surface area is 132 Å². The molecule has 4 heteroatoms. The van der Waals surface area contributed by atoms with Gasteiger partial charge in [0.25, 0.3) is 0 Å². The number of ether oxygens (including phenoxy) is 1. The minimum absolute atomic E-state index is 0.493. The van der Waals surface area contributed by atoms with Gasteiger partial charge >= 0.3 is 7.12 Å². The van der Waals surface area contributed by atoms with Crippen molar-refractivity contribution < 1.29 is 14.8 Å². The molecule has 2 aromatic carbocycles. The lowest BCUT2D eigenvalue weighted by molar-refractivity contribution is 0.302. The molecule has 0 amide bonds. The maximum Gasteiger partial charge on any atom is 0.488 e. The van der Waals surface area contributed by atoms with Crippen molar-refractivity contribution in [3.8, 4) is 5.75 Å². The van der Waals surface area contributed by atoms with Crippen LogP contribution in [0.1, 0.15) is 35.6 Å². The Hall–Kier alpha value is -1.78. The first-order valence-corrected chi connectivity index (χ1v) is 7.69. The van der Waals surface area contributed by atoms with Crippen LogP contribution in [0.4, 0.5) is 0 Å². The normalized spacial score (nSPS) is 10.6. The number of hydrogen-bond acceptors (Lipinski definition) is 3. The topological polar surface area (TPSA) is 49.7 Å². The van der Waals surface area contributed by atoms with E-state index in [-0.39, 0.29) is 0 Å². The maximum absolute atomic E-state index is 9.27. The largest absolute Gasteiger partial charge is 0.488 e. The molecule has 0 saturated carbocycles. The van der Waals surface area contributed by atoms with Crippen LogP contribution in [-0.4, -0.2) is 17.2 Å². The van der Waals surface area contributed by atoms with Gasteiger partial charge in [-0.05, 0) is 48.0 Å². The first-order chi connectivity index (χ1) is 10.5. The van der Waals surface area contributed by atoms with E-state index >= 15 is 0 Å². The quantitative estimate of drug-likeness (QED) is 0.806. The van der Waals surface area contributed by atoms with Crippen LogP contribution in [0.5, 0.6) is 5.75 Å². The molecule has 0 aliphatic rings. The van der Waals surface area contributed by atoms with Crippen molar-refractivity contribution in [2.24, 2.45) is 0 Å². The van der Waals surface area contributed by atoms with Crippen molar-refractivity contribution in [1.29, 1.82) is 0 Å². The molecule has 0 aromatic heterocycles. The molecule has 0 fully saturated rings. The lowest BCUT2D eigenvalue weighted by Crippen LogP contribution is -2.30. The van der Waals surface area contributed by atoms with Gasteiger partial charge in [-0.25, -0.2) is 0 Å². The van der Waals surface area contributed by atoms with Crippen LogP contribution in [0.2, 0.25) is 0 Å². The van der Waals surface area contributed by atoms with E-state index in [1.54, 1.807) is 12.1 Å². The second-order valence-corrected chi connectivity index (χ2v) is 5.72. The lowest BCUT2D eigenvalue weighted by atomic mass is 9.78. The summed E-state index contributed by atoms with van der Waals surface area (Å²) < 4.78 is 5.96. The number of hydrogen-bond donors (Lipinski definition) is 2. The van der Waals surface area contributed by atoms with E-state index in [2.05, 4.69) is 31.2 Å². The summed E-state index contributed by atoms with van der Waals surface area (Å²) in [6, 6.07) is 12.0. The third-order valence-electron chi connectivity index (χ3n) is 3.69. The van der Waals surface area contributed by atoms with E-state index in [0.717, 1.165) is 35.3 Å². The zero-order valence-electron chi connectivity index (χ0n) is 13.5. The Morgan fingerprint density at radius 3 is 2.23 bits per heavy atom. The monoisotopic (exact) mass is 298 g/mol. The molecule has 0 aliphatic heterocycles. The Kier molecular flexibility index (Phi) is 5.64. The Morgan fingerprint density at radius 2 is 1.64 bits per heavy atom. The smallest absolute Gasteiger partial charge is 0.488 e. The number of benzene rings is 2. The Morgan fingerprint density at radius 1 is 1.00 bits per heavy atom. The molecule has 116 valence electrons. The van der Waals surface area contributed by atoms with Crippen LogP contribution >= 0.6 is 0 Å². The van der Waals surface area contributed by atoms with Gasteiger partial charge in [0, 0.05) is 0 Å². The van der Waals surface area contributed by atoms with Gasteiger partial charge in [0.05, 0.1) is 0 Å². The van der Waals surface area contributed by atoms with Crippen molar-refractivity contribution in [3.05, 3.63) is 58.7 Å². The predicted octanol–water partition coefficient (Wildman–Crippen LogP) is 2.51. The first-order valence-electron chi connectivity index (χ1n) is 7.69. The van der Waals surface area contributed by atoms with Gasteiger partial charge in [0.15, 0.2) is 0 Å². The number of aryl methyl sites for hydroxylation is 3. The first kappa shape index (κ1) is 16.6. The van der Waals surface area contributed by atoms with Crippen LogP contribution in [-0.2, 0) is 13.0 Å². The van der Waals surface area contributed by atoms with E-state index in [9.17, 15) is 10.0 Å². The molecule has 2 aromatic rings. The van der Waals surface area contributed by atoms with Gasteiger partial charge in [0.2, 0.25) is 0 Å². The molecule has 0 bridgehead atoms. The van der Waals surface area contributed by atoms with Crippen LogP contribution in [0, 0.1) is 13.8 Å². The molecule has 0 atom stereocenters. The van der Waals surface area contributed by atoms with E-state index in [0.29, 0.717) is 12.1 Å². The highest BCUT2D eigenvalue weighted by molar-refractivity contribution is 6.58. The van der Waals surface area contributed by atoms with Gasteiger partial charge in [0.1, 0.15) is 12.4 Å². The highest BCUT2D eigenvalue weighted by Gasteiger charge is 2.15. The summed E-state index contributed by atoms with van der Waals surface area (Å²) >= 11 is 0. The maximum atomic E-state index is 9.27. The molecule has 0 radical (unpaired) electrons. The summed E-state index contributed by atoms with van der Waals surface area (Å²) in [6.07, 6.45) is 2.21. The fourth-order valence-electron chi connectivity index (χ4n) is 2.68. The van der Waals surface area contributed by atoms with Gasteiger partial charge in [-0.15, -0.1) is 0 Å². The molecule has 0 aliphatic carbocycles. The molecule has 0 spiro atoms. The molecule has 0 saturated heterocycles. The van der Waals surface area contributed by atoms with Crippen LogP contribution in [0.3, 0.4) is 0 Å². The summed E-state index contributed by atoms with van der Waals surface area (Å²) in [6.45, 7) is 6.52.